The third-order valence-corrected chi connectivity index (χ3v) is 7.51. The molecule has 1 aromatic carbocycles. The largest absolute Gasteiger partial charge is 0.347 e. The van der Waals surface area contributed by atoms with Crippen LogP contribution in [0.15, 0.2) is 34.5 Å². The predicted molar refractivity (Wildman–Crippen MR) is 102 cm³/mol. The number of nitrogens with one attached hydrogen (secondary N) is 1. The van der Waals surface area contributed by atoms with Gasteiger partial charge >= 0.3 is 0 Å². The molecule has 1 heterocycles. The minimum absolute atomic E-state index is 0.130. The molecule has 0 fully saturated rings. The van der Waals surface area contributed by atoms with Crippen LogP contribution in [0.5, 0.6) is 0 Å². The fourth-order valence-corrected chi connectivity index (χ4v) is 4.88. The molecule has 0 aliphatic carbocycles. The molecule has 0 radical (unpaired) electrons. The zero-order valence-electron chi connectivity index (χ0n) is 13.2. The van der Waals surface area contributed by atoms with Crippen LogP contribution in [0.3, 0.4) is 0 Å². The van der Waals surface area contributed by atoms with E-state index in [2.05, 4.69) is 5.32 Å². The second-order valence-electron chi connectivity index (χ2n) is 5.11. The Kier molecular flexibility index (Phi) is 6.13. The van der Waals surface area contributed by atoms with Gasteiger partial charge in [0.1, 0.15) is 4.21 Å². The van der Waals surface area contributed by atoms with Crippen molar-refractivity contribution in [2.24, 2.45) is 0 Å². The van der Waals surface area contributed by atoms with E-state index in [1.54, 1.807) is 6.07 Å². The van der Waals surface area contributed by atoms with Crippen LogP contribution in [0.4, 0.5) is 5.69 Å². The molecule has 0 aliphatic rings. The van der Waals surface area contributed by atoms with E-state index in [1.165, 1.54) is 38.4 Å². The molecule has 0 atom stereocenters. The summed E-state index contributed by atoms with van der Waals surface area (Å²) in [5.74, 6) is -0.460. The molecule has 0 spiro atoms. The standard InChI is InChI=1S/C14H14IN3O5S2/c1-17(2)25(22,23)13-6-4-10(24-13)8-16-14(19)11-7-9(18(20)21)3-5-12(11)15/h3-7H,8H2,1-2H3,(H,16,19). The lowest BCUT2D eigenvalue weighted by Gasteiger charge is -2.08. The van der Waals surface area contributed by atoms with Gasteiger partial charge in [0.05, 0.1) is 17.0 Å². The van der Waals surface area contributed by atoms with Crippen LogP contribution in [-0.2, 0) is 16.6 Å². The molecule has 0 aliphatic heterocycles. The number of halogens is 1. The number of carbonyl (C=O) groups excluding carboxylic acids is 1. The summed E-state index contributed by atoms with van der Waals surface area (Å²) in [7, 11) is -0.615. The summed E-state index contributed by atoms with van der Waals surface area (Å²) in [6.07, 6.45) is 0. The van der Waals surface area contributed by atoms with Crippen LogP contribution >= 0.6 is 33.9 Å². The van der Waals surface area contributed by atoms with Crippen LogP contribution < -0.4 is 5.32 Å². The average Bonchev–Trinajstić information content (AvgIpc) is 3.02. The fraction of sp³-hybridized carbons (Fsp3) is 0.214. The number of rotatable bonds is 6. The van der Waals surface area contributed by atoms with Crippen molar-refractivity contribution in [3.8, 4) is 0 Å². The maximum absolute atomic E-state index is 12.3. The number of benzene rings is 1. The van der Waals surface area contributed by atoms with Crippen molar-refractivity contribution in [3.05, 3.63) is 54.5 Å². The molecular formula is C14H14IN3O5S2. The molecule has 11 heteroatoms. The molecular weight excluding hydrogens is 481 g/mol. The van der Waals surface area contributed by atoms with E-state index in [4.69, 9.17) is 0 Å². The number of amides is 1. The van der Waals surface area contributed by atoms with Gasteiger partial charge in [0.2, 0.25) is 0 Å². The lowest BCUT2D eigenvalue weighted by atomic mass is 10.2. The Morgan fingerprint density at radius 1 is 1.32 bits per heavy atom. The smallest absolute Gasteiger partial charge is 0.270 e. The van der Waals surface area contributed by atoms with Crippen LogP contribution in [0.25, 0.3) is 0 Å². The van der Waals surface area contributed by atoms with Crippen molar-refractivity contribution in [1.82, 2.24) is 9.62 Å². The van der Waals surface area contributed by atoms with E-state index in [0.717, 1.165) is 15.6 Å². The number of hydrogen-bond acceptors (Lipinski definition) is 6. The van der Waals surface area contributed by atoms with Gasteiger partial charge in [-0.2, -0.15) is 0 Å². The first-order valence-electron chi connectivity index (χ1n) is 6.86. The SMILES string of the molecule is CN(C)S(=O)(=O)c1ccc(CNC(=O)c2cc([N+](=O)[O-])ccc2I)s1. The number of thiophene rings is 1. The number of non-ortho nitro benzene ring substituents is 1. The number of sulfonamides is 1. The normalized spacial score (nSPS) is 11.5. The predicted octanol–water partition coefficient (Wildman–Crippen LogP) is 2.44. The number of nitro groups is 1. The number of carbonyl (C=O) groups is 1. The molecule has 8 nitrogen and oxygen atoms in total. The Labute approximate surface area is 162 Å². The number of nitro benzene ring substituents is 1. The highest BCUT2D eigenvalue weighted by Crippen LogP contribution is 2.24. The zero-order chi connectivity index (χ0) is 18.8. The van der Waals surface area contributed by atoms with Crippen LogP contribution in [-0.4, -0.2) is 37.6 Å². The van der Waals surface area contributed by atoms with Crippen molar-refractivity contribution in [2.45, 2.75) is 10.8 Å². The van der Waals surface area contributed by atoms with Gasteiger partial charge in [-0.1, -0.05) is 0 Å². The minimum Gasteiger partial charge on any atom is -0.347 e. The lowest BCUT2D eigenvalue weighted by Crippen LogP contribution is -2.23. The van der Waals surface area contributed by atoms with Gasteiger partial charge in [0, 0.05) is 34.7 Å². The van der Waals surface area contributed by atoms with Gasteiger partial charge in [0.25, 0.3) is 21.6 Å². The summed E-state index contributed by atoms with van der Waals surface area (Å²) in [4.78, 5) is 23.2. The Balaban J connectivity index is 2.12. The van der Waals surface area contributed by atoms with E-state index >= 15 is 0 Å². The van der Waals surface area contributed by atoms with Gasteiger partial charge in [-0.05, 0) is 40.8 Å². The summed E-state index contributed by atoms with van der Waals surface area (Å²) in [6.45, 7) is 0.130. The Bertz CT molecular complexity index is 924. The van der Waals surface area contributed by atoms with E-state index in [9.17, 15) is 23.3 Å². The van der Waals surface area contributed by atoms with Crippen molar-refractivity contribution in [1.29, 1.82) is 0 Å². The Morgan fingerprint density at radius 2 is 2.00 bits per heavy atom. The average molecular weight is 495 g/mol. The van der Waals surface area contributed by atoms with E-state index < -0.39 is 20.9 Å². The van der Waals surface area contributed by atoms with Gasteiger partial charge in [-0.15, -0.1) is 11.3 Å². The highest BCUT2D eigenvalue weighted by Gasteiger charge is 2.20. The molecule has 1 amide bonds. The third-order valence-electron chi connectivity index (χ3n) is 3.20. The Hall–Kier alpha value is -1.57. The first-order valence-corrected chi connectivity index (χ1v) is 10.2. The molecule has 0 bridgehead atoms. The van der Waals surface area contributed by atoms with Crippen molar-refractivity contribution < 1.29 is 18.1 Å². The molecule has 25 heavy (non-hydrogen) atoms. The van der Waals surface area contributed by atoms with E-state index in [0.29, 0.717) is 8.45 Å². The number of nitrogens with zero attached hydrogens (tertiary/aromatic N) is 2. The number of hydrogen-bond donors (Lipinski definition) is 1. The van der Waals surface area contributed by atoms with E-state index in [-0.39, 0.29) is 22.0 Å². The van der Waals surface area contributed by atoms with Gasteiger partial charge < -0.3 is 5.32 Å². The molecule has 0 unspecified atom stereocenters. The third kappa shape index (κ3) is 4.54. The highest BCUT2D eigenvalue weighted by molar-refractivity contribution is 14.1. The Morgan fingerprint density at radius 3 is 2.60 bits per heavy atom. The molecule has 134 valence electrons. The van der Waals surface area contributed by atoms with Crippen molar-refractivity contribution in [2.75, 3.05) is 14.1 Å². The highest BCUT2D eigenvalue weighted by atomic mass is 127. The monoisotopic (exact) mass is 495 g/mol. The second kappa shape index (κ2) is 7.76. The molecule has 1 N–H and O–H groups in total. The second-order valence-corrected chi connectivity index (χ2v) is 9.82. The maximum atomic E-state index is 12.3. The molecule has 2 aromatic rings. The summed E-state index contributed by atoms with van der Waals surface area (Å²) >= 11 is 2.99. The van der Waals surface area contributed by atoms with Crippen molar-refractivity contribution >= 4 is 55.5 Å². The molecule has 1 aromatic heterocycles. The first kappa shape index (κ1) is 19.8. The summed E-state index contributed by atoms with van der Waals surface area (Å²) in [5, 5.41) is 13.5. The molecule has 0 saturated heterocycles. The van der Waals surface area contributed by atoms with Crippen LogP contribution in [0.1, 0.15) is 15.2 Å². The summed E-state index contributed by atoms with van der Waals surface area (Å²) < 4.78 is 26.0. The lowest BCUT2D eigenvalue weighted by molar-refractivity contribution is -0.384. The minimum atomic E-state index is -3.51. The molecule has 2 rings (SSSR count). The zero-order valence-corrected chi connectivity index (χ0v) is 17.0. The summed E-state index contributed by atoms with van der Waals surface area (Å²) in [6, 6.07) is 7.16. The quantitative estimate of drug-likeness (QED) is 0.376. The van der Waals surface area contributed by atoms with E-state index in [1.807, 2.05) is 22.6 Å². The van der Waals surface area contributed by atoms with Gasteiger partial charge in [-0.3, -0.25) is 14.9 Å². The van der Waals surface area contributed by atoms with Crippen molar-refractivity contribution in [3.63, 3.8) is 0 Å². The first-order chi connectivity index (χ1) is 11.6. The van der Waals surface area contributed by atoms with Crippen LogP contribution in [0.2, 0.25) is 0 Å². The molecule has 0 saturated carbocycles. The fourth-order valence-electron chi connectivity index (χ4n) is 1.84. The topological polar surface area (TPSA) is 110 Å². The van der Waals surface area contributed by atoms with Gasteiger partial charge in [0.15, 0.2) is 0 Å². The summed E-state index contributed by atoms with van der Waals surface area (Å²) in [5.41, 5.74) is 0.0357. The van der Waals surface area contributed by atoms with Crippen LogP contribution in [0, 0.1) is 13.7 Å². The maximum Gasteiger partial charge on any atom is 0.270 e. The van der Waals surface area contributed by atoms with Gasteiger partial charge in [-0.25, -0.2) is 12.7 Å².